The van der Waals surface area contributed by atoms with Crippen molar-refractivity contribution in [2.75, 3.05) is 20.0 Å². The van der Waals surface area contributed by atoms with E-state index < -0.39 is 10.0 Å². The van der Waals surface area contributed by atoms with Crippen molar-refractivity contribution in [3.05, 3.63) is 28.7 Å². The lowest BCUT2D eigenvalue weighted by Crippen LogP contribution is -2.24. The number of rotatable bonds is 6. The van der Waals surface area contributed by atoms with Crippen LogP contribution in [0.5, 0.6) is 11.5 Å². The minimum absolute atomic E-state index is 0.0418. The smallest absolute Gasteiger partial charge is 0.244 e. The van der Waals surface area contributed by atoms with E-state index in [1.807, 2.05) is 0 Å². The van der Waals surface area contributed by atoms with Gasteiger partial charge in [-0.1, -0.05) is 0 Å². The van der Waals surface area contributed by atoms with Crippen LogP contribution in [0, 0.1) is 0 Å². The Balaban J connectivity index is 2.32. The molecule has 0 fully saturated rings. The molecule has 0 aliphatic carbocycles. The first-order valence-corrected chi connectivity index (χ1v) is 8.23. The van der Waals surface area contributed by atoms with Crippen LogP contribution in [0.1, 0.15) is 5.01 Å². The number of nitrogens with one attached hydrogen (secondary N) is 1. The normalized spacial score (nSPS) is 11.3. The second-order valence-corrected chi connectivity index (χ2v) is 6.71. The fourth-order valence-corrected chi connectivity index (χ4v) is 3.50. The van der Waals surface area contributed by atoms with Gasteiger partial charge >= 0.3 is 0 Å². The van der Waals surface area contributed by atoms with E-state index in [1.165, 1.54) is 37.7 Å². The maximum Gasteiger partial charge on any atom is 0.244 e. The minimum atomic E-state index is -3.77. The van der Waals surface area contributed by atoms with E-state index in [0.29, 0.717) is 10.8 Å². The predicted octanol–water partition coefficient (Wildman–Crippen LogP) is 1.22. The summed E-state index contributed by atoms with van der Waals surface area (Å²) in [5.41, 5.74) is 5.98. The Bertz CT molecular complexity index is 714. The first-order chi connectivity index (χ1) is 9.97. The summed E-state index contributed by atoms with van der Waals surface area (Å²) in [5.74, 6) is 0.512. The van der Waals surface area contributed by atoms with Gasteiger partial charge in [-0.15, -0.1) is 11.3 Å². The molecule has 114 valence electrons. The molecule has 0 saturated heterocycles. The molecule has 0 amide bonds. The van der Waals surface area contributed by atoms with Crippen molar-refractivity contribution in [1.82, 2.24) is 9.71 Å². The van der Waals surface area contributed by atoms with Crippen LogP contribution >= 0.6 is 11.3 Å². The Morgan fingerprint density at radius 3 is 2.57 bits per heavy atom. The quantitative estimate of drug-likeness (QED) is 0.772. The topological polar surface area (TPSA) is 104 Å². The third-order valence-corrected chi connectivity index (χ3v) is 4.90. The highest BCUT2D eigenvalue weighted by Crippen LogP contribution is 2.33. The van der Waals surface area contributed by atoms with Gasteiger partial charge in [-0.2, -0.15) is 0 Å². The molecular weight excluding hydrogens is 314 g/mol. The number of ether oxygens (including phenoxy) is 2. The molecule has 0 radical (unpaired) electrons. The molecule has 0 atom stereocenters. The van der Waals surface area contributed by atoms with Crippen molar-refractivity contribution in [2.45, 2.75) is 11.4 Å². The molecule has 0 aliphatic heterocycles. The standard InChI is InChI=1S/C12H15N3O4S2/c1-18-9-6-10(19-2)11(5-8(9)13)21(16,17)15-7-12-14-3-4-20-12/h3-6,15H,7,13H2,1-2H3. The summed E-state index contributed by atoms with van der Waals surface area (Å²) in [6.45, 7) is 0.106. The van der Waals surface area contributed by atoms with Crippen LogP contribution in [0.4, 0.5) is 5.69 Å². The number of hydrogen-bond acceptors (Lipinski definition) is 7. The van der Waals surface area contributed by atoms with E-state index >= 15 is 0 Å². The molecule has 1 aromatic carbocycles. The number of thiazole rings is 1. The van der Waals surface area contributed by atoms with Gasteiger partial charge in [0.15, 0.2) is 0 Å². The second-order valence-electron chi connectivity index (χ2n) is 4.00. The van der Waals surface area contributed by atoms with Gasteiger partial charge in [0.25, 0.3) is 0 Å². The summed E-state index contributed by atoms with van der Waals surface area (Å²) in [4.78, 5) is 3.97. The highest BCUT2D eigenvalue weighted by molar-refractivity contribution is 7.89. The molecule has 7 nitrogen and oxygen atoms in total. The van der Waals surface area contributed by atoms with Crippen LogP contribution in [-0.4, -0.2) is 27.6 Å². The maximum absolute atomic E-state index is 12.3. The van der Waals surface area contributed by atoms with Crippen molar-refractivity contribution in [1.29, 1.82) is 0 Å². The fourth-order valence-electron chi connectivity index (χ4n) is 1.68. The van der Waals surface area contributed by atoms with E-state index in [4.69, 9.17) is 15.2 Å². The van der Waals surface area contributed by atoms with Crippen molar-refractivity contribution in [3.8, 4) is 11.5 Å². The molecule has 3 N–H and O–H groups in total. The molecular formula is C12H15N3O4S2. The Morgan fingerprint density at radius 2 is 2.00 bits per heavy atom. The van der Waals surface area contributed by atoms with Gasteiger partial charge in [0, 0.05) is 17.6 Å². The molecule has 1 aromatic heterocycles. The summed E-state index contributed by atoms with van der Waals surface area (Å²) in [6, 6.07) is 2.75. The molecule has 0 bridgehead atoms. The van der Waals surface area contributed by atoms with Crippen molar-refractivity contribution < 1.29 is 17.9 Å². The SMILES string of the molecule is COc1cc(OC)c(S(=O)(=O)NCc2nccs2)cc1N. The van der Waals surface area contributed by atoms with Crippen LogP contribution in [-0.2, 0) is 16.6 Å². The number of anilines is 1. The molecule has 2 rings (SSSR count). The predicted molar refractivity (Wildman–Crippen MR) is 80.1 cm³/mol. The number of hydrogen-bond donors (Lipinski definition) is 2. The summed E-state index contributed by atoms with van der Waals surface area (Å²) in [6.07, 6.45) is 1.61. The van der Waals surface area contributed by atoms with E-state index in [9.17, 15) is 8.42 Å². The van der Waals surface area contributed by atoms with Gasteiger partial charge in [0.2, 0.25) is 10.0 Å². The summed E-state index contributed by atoms with van der Waals surface area (Å²) in [7, 11) is -0.946. The average molecular weight is 329 g/mol. The first-order valence-electron chi connectivity index (χ1n) is 5.87. The summed E-state index contributed by atoms with van der Waals surface area (Å²) >= 11 is 1.36. The van der Waals surface area contributed by atoms with Gasteiger partial charge in [0.1, 0.15) is 21.4 Å². The van der Waals surface area contributed by atoms with Crippen LogP contribution in [0.25, 0.3) is 0 Å². The van der Waals surface area contributed by atoms with Gasteiger partial charge in [0.05, 0.1) is 26.5 Å². The zero-order valence-corrected chi connectivity index (χ0v) is 13.1. The number of sulfonamides is 1. The second kappa shape index (κ2) is 6.29. The highest BCUT2D eigenvalue weighted by atomic mass is 32.2. The third-order valence-electron chi connectivity index (χ3n) is 2.70. The number of methoxy groups -OCH3 is 2. The van der Waals surface area contributed by atoms with E-state index in [1.54, 1.807) is 11.6 Å². The molecule has 0 unspecified atom stereocenters. The Morgan fingerprint density at radius 1 is 1.29 bits per heavy atom. The zero-order valence-electron chi connectivity index (χ0n) is 11.5. The van der Waals surface area contributed by atoms with Gasteiger partial charge in [-0.25, -0.2) is 18.1 Å². The fraction of sp³-hybridized carbons (Fsp3) is 0.250. The number of benzene rings is 1. The monoisotopic (exact) mass is 329 g/mol. The number of nitrogen functional groups attached to an aromatic ring is 1. The van der Waals surface area contributed by atoms with Crippen molar-refractivity contribution >= 4 is 27.0 Å². The first kappa shape index (κ1) is 15.5. The lowest BCUT2D eigenvalue weighted by Gasteiger charge is -2.13. The van der Waals surface area contributed by atoms with Crippen molar-refractivity contribution in [3.63, 3.8) is 0 Å². The molecule has 2 aromatic rings. The maximum atomic E-state index is 12.3. The zero-order chi connectivity index (χ0) is 15.5. The lowest BCUT2D eigenvalue weighted by atomic mass is 10.3. The molecule has 9 heteroatoms. The summed E-state index contributed by atoms with van der Waals surface area (Å²) < 4.78 is 37.3. The van der Waals surface area contributed by atoms with Crippen LogP contribution < -0.4 is 19.9 Å². The van der Waals surface area contributed by atoms with Crippen LogP contribution in [0.2, 0.25) is 0 Å². The molecule has 21 heavy (non-hydrogen) atoms. The van der Waals surface area contributed by atoms with Gasteiger partial charge < -0.3 is 15.2 Å². The Labute approximate surface area is 126 Å². The molecule has 1 heterocycles. The lowest BCUT2D eigenvalue weighted by molar-refractivity contribution is 0.387. The van der Waals surface area contributed by atoms with E-state index in [-0.39, 0.29) is 22.9 Å². The summed E-state index contributed by atoms with van der Waals surface area (Å²) in [5, 5.41) is 2.44. The highest BCUT2D eigenvalue weighted by Gasteiger charge is 2.22. The van der Waals surface area contributed by atoms with Gasteiger partial charge in [-0.05, 0) is 6.07 Å². The van der Waals surface area contributed by atoms with E-state index in [0.717, 1.165) is 0 Å². The Kier molecular flexibility index (Phi) is 4.66. The molecule has 0 saturated carbocycles. The number of nitrogens with two attached hydrogens (primary N) is 1. The number of aromatic nitrogens is 1. The van der Waals surface area contributed by atoms with Crippen LogP contribution in [0.3, 0.4) is 0 Å². The Hall–Kier alpha value is -1.84. The van der Waals surface area contributed by atoms with Crippen LogP contribution in [0.15, 0.2) is 28.6 Å². The van der Waals surface area contributed by atoms with E-state index in [2.05, 4.69) is 9.71 Å². The minimum Gasteiger partial charge on any atom is -0.495 e. The molecule has 0 aliphatic rings. The van der Waals surface area contributed by atoms with Crippen molar-refractivity contribution in [2.24, 2.45) is 0 Å². The van der Waals surface area contributed by atoms with Gasteiger partial charge in [-0.3, -0.25) is 0 Å². The number of nitrogens with zero attached hydrogens (tertiary/aromatic N) is 1. The third kappa shape index (κ3) is 3.43. The molecule has 0 spiro atoms. The largest absolute Gasteiger partial charge is 0.495 e. The average Bonchev–Trinajstić information content (AvgIpc) is 2.98.